The standard InChI is InChI=1S/C21H26FN3O/c1-23(15-19-7-9-20(22)10-8-19)21(26)17-25-13-11-24(12-14-25)16-18-5-3-2-4-6-18/h2-10H,11-17H2,1H3. The lowest BCUT2D eigenvalue weighted by molar-refractivity contribution is -0.132. The molecule has 1 heterocycles. The highest BCUT2D eigenvalue weighted by Gasteiger charge is 2.20. The lowest BCUT2D eigenvalue weighted by Crippen LogP contribution is -2.49. The molecule has 0 bridgehead atoms. The highest BCUT2D eigenvalue weighted by Crippen LogP contribution is 2.10. The molecule has 4 nitrogen and oxygen atoms in total. The first-order valence-electron chi connectivity index (χ1n) is 9.07. The van der Waals surface area contributed by atoms with Crippen molar-refractivity contribution in [3.05, 3.63) is 71.5 Å². The number of likely N-dealkylation sites (N-methyl/N-ethyl adjacent to an activating group) is 1. The van der Waals surface area contributed by atoms with Gasteiger partial charge in [-0.15, -0.1) is 0 Å². The molecule has 1 saturated heterocycles. The van der Waals surface area contributed by atoms with Gasteiger partial charge in [0, 0.05) is 46.3 Å². The lowest BCUT2D eigenvalue weighted by Gasteiger charge is -2.35. The van der Waals surface area contributed by atoms with Crippen molar-refractivity contribution in [3.8, 4) is 0 Å². The normalized spacial score (nSPS) is 15.8. The first kappa shape index (κ1) is 18.5. The Kier molecular flexibility index (Phi) is 6.36. The first-order valence-corrected chi connectivity index (χ1v) is 9.07. The van der Waals surface area contributed by atoms with Crippen molar-refractivity contribution in [2.75, 3.05) is 39.8 Å². The number of halogens is 1. The Labute approximate surface area is 154 Å². The SMILES string of the molecule is CN(Cc1ccc(F)cc1)C(=O)CN1CCN(Cc2ccccc2)CC1. The molecular formula is C21H26FN3O. The summed E-state index contributed by atoms with van der Waals surface area (Å²) in [5, 5.41) is 0. The van der Waals surface area contributed by atoms with E-state index in [1.807, 2.05) is 6.07 Å². The number of carbonyl (C=O) groups is 1. The van der Waals surface area contributed by atoms with E-state index in [9.17, 15) is 9.18 Å². The van der Waals surface area contributed by atoms with Crippen LogP contribution in [0.2, 0.25) is 0 Å². The average molecular weight is 355 g/mol. The molecule has 26 heavy (non-hydrogen) atoms. The maximum Gasteiger partial charge on any atom is 0.236 e. The van der Waals surface area contributed by atoms with Crippen LogP contribution < -0.4 is 0 Å². The van der Waals surface area contributed by atoms with Crippen LogP contribution >= 0.6 is 0 Å². The summed E-state index contributed by atoms with van der Waals surface area (Å²) >= 11 is 0. The van der Waals surface area contributed by atoms with Crippen molar-refractivity contribution in [2.45, 2.75) is 13.1 Å². The smallest absolute Gasteiger partial charge is 0.236 e. The van der Waals surface area contributed by atoms with Gasteiger partial charge in [-0.1, -0.05) is 42.5 Å². The van der Waals surface area contributed by atoms with E-state index in [-0.39, 0.29) is 11.7 Å². The third-order valence-corrected chi connectivity index (χ3v) is 4.83. The molecular weight excluding hydrogens is 329 g/mol. The van der Waals surface area contributed by atoms with Gasteiger partial charge in [0.2, 0.25) is 5.91 Å². The van der Waals surface area contributed by atoms with Gasteiger partial charge in [0.15, 0.2) is 0 Å². The van der Waals surface area contributed by atoms with Gasteiger partial charge in [0.05, 0.1) is 6.54 Å². The van der Waals surface area contributed by atoms with Crippen molar-refractivity contribution < 1.29 is 9.18 Å². The van der Waals surface area contributed by atoms with Crippen LogP contribution in [-0.4, -0.2) is 60.4 Å². The van der Waals surface area contributed by atoms with Crippen molar-refractivity contribution in [1.82, 2.24) is 14.7 Å². The fraction of sp³-hybridized carbons (Fsp3) is 0.381. The topological polar surface area (TPSA) is 26.8 Å². The van der Waals surface area contributed by atoms with Gasteiger partial charge >= 0.3 is 0 Å². The summed E-state index contributed by atoms with van der Waals surface area (Å²) in [4.78, 5) is 18.8. The van der Waals surface area contributed by atoms with Gasteiger partial charge in [0.25, 0.3) is 0 Å². The molecule has 3 rings (SSSR count). The highest BCUT2D eigenvalue weighted by molar-refractivity contribution is 5.78. The molecule has 0 aliphatic carbocycles. The van der Waals surface area contributed by atoms with E-state index in [1.54, 1.807) is 24.1 Å². The summed E-state index contributed by atoms with van der Waals surface area (Å²) in [6.45, 7) is 5.68. The summed E-state index contributed by atoms with van der Waals surface area (Å²) in [5.41, 5.74) is 2.27. The summed E-state index contributed by atoms with van der Waals surface area (Å²) in [6.07, 6.45) is 0. The fourth-order valence-electron chi connectivity index (χ4n) is 3.21. The molecule has 138 valence electrons. The second kappa shape index (κ2) is 8.92. The molecule has 0 spiro atoms. The Hall–Kier alpha value is -2.24. The Morgan fingerprint density at radius 2 is 1.54 bits per heavy atom. The number of hydrogen-bond donors (Lipinski definition) is 0. The van der Waals surface area contributed by atoms with Crippen LogP contribution in [0.5, 0.6) is 0 Å². The highest BCUT2D eigenvalue weighted by atomic mass is 19.1. The van der Waals surface area contributed by atoms with Gasteiger partial charge in [-0.3, -0.25) is 14.6 Å². The van der Waals surface area contributed by atoms with Crippen LogP contribution in [0.15, 0.2) is 54.6 Å². The first-order chi connectivity index (χ1) is 12.6. The van der Waals surface area contributed by atoms with Gasteiger partial charge in [-0.25, -0.2) is 4.39 Å². The second-order valence-corrected chi connectivity index (χ2v) is 6.91. The summed E-state index contributed by atoms with van der Waals surface area (Å²) < 4.78 is 13.0. The molecule has 1 fully saturated rings. The molecule has 2 aromatic carbocycles. The van der Waals surface area contributed by atoms with E-state index < -0.39 is 0 Å². The maximum absolute atomic E-state index is 13.0. The van der Waals surface area contributed by atoms with Crippen LogP contribution in [0, 0.1) is 5.82 Å². The lowest BCUT2D eigenvalue weighted by atomic mass is 10.2. The van der Waals surface area contributed by atoms with Crippen molar-refractivity contribution in [2.24, 2.45) is 0 Å². The molecule has 5 heteroatoms. The zero-order chi connectivity index (χ0) is 18.4. The van der Waals surface area contributed by atoms with Crippen molar-refractivity contribution in [3.63, 3.8) is 0 Å². The van der Waals surface area contributed by atoms with E-state index in [0.717, 1.165) is 38.3 Å². The summed E-state index contributed by atoms with van der Waals surface area (Å²) in [6, 6.07) is 16.8. The Morgan fingerprint density at radius 1 is 0.923 bits per heavy atom. The van der Waals surface area contributed by atoms with Gasteiger partial charge < -0.3 is 4.90 Å². The fourth-order valence-corrected chi connectivity index (χ4v) is 3.21. The molecule has 1 aliphatic rings. The van der Waals surface area contributed by atoms with E-state index >= 15 is 0 Å². The largest absolute Gasteiger partial charge is 0.340 e. The van der Waals surface area contributed by atoms with E-state index in [2.05, 4.69) is 34.1 Å². The van der Waals surface area contributed by atoms with Gasteiger partial charge in [-0.2, -0.15) is 0 Å². The number of piperazine rings is 1. The molecule has 0 unspecified atom stereocenters. The minimum atomic E-state index is -0.254. The monoisotopic (exact) mass is 355 g/mol. The Balaban J connectivity index is 1.42. The molecule has 1 aliphatic heterocycles. The van der Waals surface area contributed by atoms with Gasteiger partial charge in [-0.05, 0) is 23.3 Å². The van der Waals surface area contributed by atoms with Crippen LogP contribution in [0.4, 0.5) is 4.39 Å². The number of nitrogens with zero attached hydrogens (tertiary/aromatic N) is 3. The molecule has 0 radical (unpaired) electrons. The quantitative estimate of drug-likeness (QED) is 0.797. The van der Waals surface area contributed by atoms with Crippen molar-refractivity contribution in [1.29, 1.82) is 0 Å². The van der Waals surface area contributed by atoms with E-state index in [0.29, 0.717) is 13.1 Å². The molecule has 1 amide bonds. The Morgan fingerprint density at radius 3 is 2.19 bits per heavy atom. The number of benzene rings is 2. The minimum Gasteiger partial charge on any atom is -0.340 e. The predicted octanol–water partition coefficient (Wildman–Crippen LogP) is 2.60. The van der Waals surface area contributed by atoms with Crippen LogP contribution in [0.1, 0.15) is 11.1 Å². The zero-order valence-electron chi connectivity index (χ0n) is 15.3. The minimum absolute atomic E-state index is 0.103. The summed E-state index contributed by atoms with van der Waals surface area (Å²) in [7, 11) is 1.80. The molecule has 0 aromatic heterocycles. The van der Waals surface area contributed by atoms with Crippen LogP contribution in [0.25, 0.3) is 0 Å². The number of amides is 1. The number of hydrogen-bond acceptors (Lipinski definition) is 3. The molecule has 0 N–H and O–H groups in total. The molecule has 0 saturated carbocycles. The zero-order valence-corrected chi connectivity index (χ0v) is 15.3. The number of carbonyl (C=O) groups excluding carboxylic acids is 1. The van der Waals surface area contributed by atoms with E-state index in [4.69, 9.17) is 0 Å². The van der Waals surface area contributed by atoms with Crippen molar-refractivity contribution >= 4 is 5.91 Å². The third-order valence-electron chi connectivity index (χ3n) is 4.83. The second-order valence-electron chi connectivity index (χ2n) is 6.91. The summed E-state index contributed by atoms with van der Waals surface area (Å²) in [5.74, 6) is -0.151. The Bertz CT molecular complexity index is 697. The number of rotatable bonds is 6. The van der Waals surface area contributed by atoms with Gasteiger partial charge in [0.1, 0.15) is 5.82 Å². The van der Waals surface area contributed by atoms with Crippen LogP contribution in [-0.2, 0) is 17.9 Å². The maximum atomic E-state index is 13.0. The molecule has 0 atom stereocenters. The van der Waals surface area contributed by atoms with Crippen LogP contribution in [0.3, 0.4) is 0 Å². The molecule has 2 aromatic rings. The third kappa shape index (κ3) is 5.38. The predicted molar refractivity (Wildman–Crippen MR) is 101 cm³/mol. The van der Waals surface area contributed by atoms with E-state index in [1.165, 1.54) is 17.7 Å². The average Bonchev–Trinajstić information content (AvgIpc) is 2.66.